The van der Waals surface area contributed by atoms with Gasteiger partial charge in [-0.3, -0.25) is 4.90 Å². The maximum atomic E-state index is 9.10. The molecule has 2 heterocycles. The molecule has 0 unspecified atom stereocenters. The van der Waals surface area contributed by atoms with E-state index in [0.29, 0.717) is 24.0 Å². The van der Waals surface area contributed by atoms with Crippen LogP contribution < -0.4 is 14.8 Å². The molecule has 0 radical (unpaired) electrons. The summed E-state index contributed by atoms with van der Waals surface area (Å²) in [6, 6.07) is 12.6. The second-order valence-electron chi connectivity index (χ2n) is 7.83. The van der Waals surface area contributed by atoms with Gasteiger partial charge >= 0.3 is 11.9 Å². The van der Waals surface area contributed by atoms with E-state index in [4.69, 9.17) is 45.6 Å². The fourth-order valence-electron chi connectivity index (χ4n) is 3.61. The topological polar surface area (TPSA) is 118 Å². The minimum Gasteiger partial charge on any atom is -0.489 e. The van der Waals surface area contributed by atoms with E-state index in [1.807, 2.05) is 12.1 Å². The van der Waals surface area contributed by atoms with Crippen LogP contribution in [0.1, 0.15) is 23.1 Å². The number of hydrogen-bond donors (Lipinski definition) is 3. The van der Waals surface area contributed by atoms with Crippen LogP contribution in [0.4, 0.5) is 0 Å². The summed E-state index contributed by atoms with van der Waals surface area (Å²) in [4.78, 5) is 20.6. The van der Waals surface area contributed by atoms with Crippen molar-refractivity contribution in [3.63, 3.8) is 0 Å². The fourth-order valence-corrected chi connectivity index (χ4v) is 3.90. The Kier molecular flexibility index (Phi) is 9.96. The minimum atomic E-state index is -1.82. The van der Waals surface area contributed by atoms with E-state index in [2.05, 4.69) is 34.5 Å². The maximum Gasteiger partial charge on any atom is 0.414 e. The first-order valence-electron chi connectivity index (χ1n) is 11.1. The third-order valence-electron chi connectivity index (χ3n) is 5.31. The molecule has 0 amide bonds. The molecule has 2 aliphatic heterocycles. The van der Waals surface area contributed by atoms with Crippen LogP contribution in [-0.2, 0) is 34.0 Å². The lowest BCUT2D eigenvalue weighted by atomic mass is 10.1. The van der Waals surface area contributed by atoms with Crippen molar-refractivity contribution in [2.75, 3.05) is 39.5 Å². The average Bonchev–Trinajstić information content (AvgIpc) is 3.07. The summed E-state index contributed by atoms with van der Waals surface area (Å²) in [5.41, 5.74) is 3.79. The first-order chi connectivity index (χ1) is 16.4. The SMILES string of the molecule is Clc1cc(CNCc2ccccc2CN2CCOCC2)cc2c1OCCCO2.O=C(O)C(=O)O. The summed E-state index contributed by atoms with van der Waals surface area (Å²) < 4.78 is 16.9. The summed E-state index contributed by atoms with van der Waals surface area (Å²) in [6.07, 6.45) is 0.874. The number of carbonyl (C=O) groups is 2. The fraction of sp³-hybridized carbons (Fsp3) is 0.417. The van der Waals surface area contributed by atoms with E-state index < -0.39 is 11.9 Å². The molecule has 0 bridgehead atoms. The predicted molar refractivity (Wildman–Crippen MR) is 125 cm³/mol. The molecule has 4 rings (SSSR count). The van der Waals surface area contributed by atoms with E-state index in [0.717, 1.165) is 63.7 Å². The van der Waals surface area contributed by atoms with Gasteiger partial charge in [0.05, 0.1) is 31.5 Å². The number of carboxylic acid groups (broad SMARTS) is 2. The molecule has 184 valence electrons. The van der Waals surface area contributed by atoms with E-state index >= 15 is 0 Å². The third kappa shape index (κ3) is 7.88. The number of aliphatic carboxylic acids is 2. The largest absolute Gasteiger partial charge is 0.489 e. The smallest absolute Gasteiger partial charge is 0.414 e. The van der Waals surface area contributed by atoms with Gasteiger partial charge in [-0.2, -0.15) is 0 Å². The number of morpholine rings is 1. The number of hydrogen-bond acceptors (Lipinski definition) is 7. The van der Waals surface area contributed by atoms with Gasteiger partial charge in [0.15, 0.2) is 11.5 Å². The molecule has 2 aromatic carbocycles. The van der Waals surface area contributed by atoms with Gasteiger partial charge in [-0.15, -0.1) is 0 Å². The lowest BCUT2D eigenvalue weighted by Crippen LogP contribution is -2.36. The summed E-state index contributed by atoms with van der Waals surface area (Å²) in [5, 5.41) is 18.9. The van der Waals surface area contributed by atoms with Gasteiger partial charge in [-0.05, 0) is 28.8 Å². The zero-order valence-electron chi connectivity index (χ0n) is 18.8. The molecule has 9 nitrogen and oxygen atoms in total. The second kappa shape index (κ2) is 13.1. The van der Waals surface area contributed by atoms with E-state index in [1.165, 1.54) is 11.1 Å². The standard InChI is InChI=1S/C22H27ClN2O3.C2H2O4/c23-20-12-17(13-21-22(20)28-9-3-8-27-21)14-24-15-18-4-1-2-5-19(18)16-25-6-10-26-11-7-25;3-1(4)2(5)6/h1-2,4-5,12-13,24H,3,6-11,14-16H2;(H,3,4)(H,5,6). The van der Waals surface area contributed by atoms with Crippen LogP contribution in [0.25, 0.3) is 0 Å². The molecule has 0 spiro atoms. The van der Waals surface area contributed by atoms with Gasteiger partial charge in [0, 0.05) is 39.1 Å². The molecule has 34 heavy (non-hydrogen) atoms. The van der Waals surface area contributed by atoms with Crippen LogP contribution in [0.15, 0.2) is 36.4 Å². The Balaban J connectivity index is 0.000000481. The number of ether oxygens (including phenoxy) is 3. The highest BCUT2D eigenvalue weighted by molar-refractivity contribution is 6.32. The Bertz CT molecular complexity index is 968. The number of carboxylic acids is 2. The molecular weight excluding hydrogens is 464 g/mol. The highest BCUT2D eigenvalue weighted by Crippen LogP contribution is 2.38. The minimum absolute atomic E-state index is 0.615. The number of rotatable bonds is 6. The summed E-state index contributed by atoms with van der Waals surface area (Å²) >= 11 is 6.40. The van der Waals surface area contributed by atoms with Gasteiger partial charge in [-0.1, -0.05) is 35.9 Å². The van der Waals surface area contributed by atoms with Gasteiger partial charge < -0.3 is 29.7 Å². The van der Waals surface area contributed by atoms with Crippen molar-refractivity contribution < 1.29 is 34.0 Å². The molecule has 0 atom stereocenters. The molecule has 1 saturated heterocycles. The molecule has 0 saturated carbocycles. The Hall–Kier alpha value is -2.85. The summed E-state index contributed by atoms with van der Waals surface area (Å²) in [6.45, 7) is 7.46. The molecule has 0 aromatic heterocycles. The molecule has 0 aliphatic carbocycles. The number of fused-ring (bicyclic) bond motifs is 1. The molecule has 1 fully saturated rings. The molecule has 2 aromatic rings. The Morgan fingerprint density at radius 1 is 0.941 bits per heavy atom. The zero-order valence-corrected chi connectivity index (χ0v) is 19.6. The van der Waals surface area contributed by atoms with Crippen molar-refractivity contribution in [2.24, 2.45) is 0 Å². The van der Waals surface area contributed by atoms with E-state index in [9.17, 15) is 0 Å². The number of nitrogens with one attached hydrogen (secondary N) is 1. The van der Waals surface area contributed by atoms with Crippen LogP contribution in [0.5, 0.6) is 11.5 Å². The van der Waals surface area contributed by atoms with E-state index in [1.54, 1.807) is 0 Å². The van der Waals surface area contributed by atoms with Crippen molar-refractivity contribution in [2.45, 2.75) is 26.1 Å². The van der Waals surface area contributed by atoms with Gasteiger partial charge in [-0.25, -0.2) is 9.59 Å². The highest BCUT2D eigenvalue weighted by atomic mass is 35.5. The van der Waals surface area contributed by atoms with Crippen LogP contribution >= 0.6 is 11.6 Å². The highest BCUT2D eigenvalue weighted by Gasteiger charge is 2.16. The normalized spacial score (nSPS) is 15.6. The number of nitrogens with zero attached hydrogens (tertiary/aromatic N) is 1. The maximum absolute atomic E-state index is 9.10. The summed E-state index contributed by atoms with van der Waals surface area (Å²) in [5.74, 6) is -2.24. The zero-order chi connectivity index (χ0) is 24.3. The van der Waals surface area contributed by atoms with E-state index in [-0.39, 0.29) is 0 Å². The first kappa shape index (κ1) is 25.8. The summed E-state index contributed by atoms with van der Waals surface area (Å²) in [7, 11) is 0. The van der Waals surface area contributed by atoms with Crippen molar-refractivity contribution in [1.82, 2.24) is 10.2 Å². The van der Waals surface area contributed by atoms with Gasteiger partial charge in [0.1, 0.15) is 0 Å². The van der Waals surface area contributed by atoms with Crippen molar-refractivity contribution in [3.8, 4) is 11.5 Å². The van der Waals surface area contributed by atoms with Gasteiger partial charge in [0.25, 0.3) is 0 Å². The number of benzene rings is 2. The Morgan fingerprint density at radius 2 is 1.62 bits per heavy atom. The predicted octanol–water partition coefficient (Wildman–Crippen LogP) is 2.78. The lowest BCUT2D eigenvalue weighted by molar-refractivity contribution is -0.159. The van der Waals surface area contributed by atoms with Crippen LogP contribution in [0.3, 0.4) is 0 Å². The monoisotopic (exact) mass is 492 g/mol. The van der Waals surface area contributed by atoms with Crippen molar-refractivity contribution >= 4 is 23.5 Å². The molecule has 3 N–H and O–H groups in total. The van der Waals surface area contributed by atoms with Crippen LogP contribution in [0, 0.1) is 0 Å². The lowest BCUT2D eigenvalue weighted by Gasteiger charge is -2.27. The average molecular weight is 493 g/mol. The Labute approximate surface area is 203 Å². The second-order valence-corrected chi connectivity index (χ2v) is 8.23. The first-order valence-corrected chi connectivity index (χ1v) is 11.4. The molecular formula is C24H29ClN2O7. The quantitative estimate of drug-likeness (QED) is 0.523. The third-order valence-corrected chi connectivity index (χ3v) is 5.59. The molecule has 10 heteroatoms. The van der Waals surface area contributed by atoms with Crippen LogP contribution in [0.2, 0.25) is 5.02 Å². The van der Waals surface area contributed by atoms with Gasteiger partial charge in [0.2, 0.25) is 0 Å². The van der Waals surface area contributed by atoms with Crippen LogP contribution in [-0.4, -0.2) is 66.6 Å². The number of halogens is 1. The van der Waals surface area contributed by atoms with Crippen molar-refractivity contribution in [3.05, 3.63) is 58.1 Å². The van der Waals surface area contributed by atoms with Crippen molar-refractivity contribution in [1.29, 1.82) is 0 Å². The molecule has 2 aliphatic rings. The Morgan fingerprint density at radius 3 is 2.32 bits per heavy atom.